The van der Waals surface area contributed by atoms with Gasteiger partial charge in [-0.25, -0.2) is 4.98 Å². The van der Waals surface area contributed by atoms with E-state index in [9.17, 15) is 9.90 Å². The van der Waals surface area contributed by atoms with Crippen LogP contribution in [-0.2, 0) is 0 Å². The first kappa shape index (κ1) is 16.4. The summed E-state index contributed by atoms with van der Waals surface area (Å²) >= 11 is 0. The number of anilines is 3. The lowest BCUT2D eigenvalue weighted by Crippen LogP contribution is -2.15. The number of rotatable bonds is 5. The van der Waals surface area contributed by atoms with Crippen molar-refractivity contribution in [1.29, 1.82) is 0 Å². The molecule has 1 amide bonds. The molecule has 2 heterocycles. The normalized spacial score (nSPS) is 10.5. The van der Waals surface area contributed by atoms with E-state index in [0.717, 1.165) is 10.8 Å². The van der Waals surface area contributed by atoms with Crippen molar-refractivity contribution in [2.24, 2.45) is 0 Å². The first-order chi connectivity index (χ1) is 13.2. The molecule has 27 heavy (non-hydrogen) atoms. The smallest absolute Gasteiger partial charge is 0.260 e. The standard InChI is InChI=1S/C19H15N5O3/c25-18-15(19(26)22-16-7-3-4-8-20-16)9-12-5-1-2-6-14(12)17(18)24-23-13-10-21-27-11-13/h1-11,23-25H,(H,20,22,26). The average molecular weight is 361 g/mol. The molecule has 0 spiro atoms. The van der Waals surface area contributed by atoms with Gasteiger partial charge in [0.15, 0.2) is 5.75 Å². The molecule has 4 aromatic rings. The molecule has 0 saturated carbocycles. The van der Waals surface area contributed by atoms with Crippen molar-refractivity contribution in [3.8, 4) is 5.75 Å². The van der Waals surface area contributed by atoms with Crippen LogP contribution in [0.5, 0.6) is 5.75 Å². The zero-order valence-corrected chi connectivity index (χ0v) is 14.0. The molecule has 2 aromatic heterocycles. The Balaban J connectivity index is 1.72. The molecule has 2 aromatic carbocycles. The van der Waals surface area contributed by atoms with Gasteiger partial charge in [-0.05, 0) is 23.6 Å². The minimum atomic E-state index is -0.468. The summed E-state index contributed by atoms with van der Waals surface area (Å²) in [5.74, 6) is -0.261. The van der Waals surface area contributed by atoms with Gasteiger partial charge in [-0.1, -0.05) is 35.5 Å². The highest BCUT2D eigenvalue weighted by Gasteiger charge is 2.18. The summed E-state index contributed by atoms with van der Waals surface area (Å²) < 4.78 is 4.76. The number of carbonyl (C=O) groups excluding carboxylic acids is 1. The Morgan fingerprint density at radius 3 is 2.70 bits per heavy atom. The predicted octanol–water partition coefficient (Wildman–Crippen LogP) is 3.62. The van der Waals surface area contributed by atoms with Gasteiger partial charge < -0.3 is 14.9 Å². The van der Waals surface area contributed by atoms with Crippen molar-refractivity contribution in [2.75, 3.05) is 16.2 Å². The Morgan fingerprint density at radius 1 is 1.07 bits per heavy atom. The van der Waals surface area contributed by atoms with Crippen LogP contribution in [0.25, 0.3) is 10.8 Å². The second kappa shape index (κ2) is 7.04. The maximum atomic E-state index is 12.7. The Labute approximate surface area is 153 Å². The van der Waals surface area contributed by atoms with E-state index in [1.807, 2.05) is 24.3 Å². The summed E-state index contributed by atoms with van der Waals surface area (Å²) in [6.45, 7) is 0. The van der Waals surface area contributed by atoms with Crippen molar-refractivity contribution in [2.45, 2.75) is 0 Å². The number of nitrogens with zero attached hydrogens (tertiary/aromatic N) is 2. The third-order valence-electron chi connectivity index (χ3n) is 3.94. The fraction of sp³-hybridized carbons (Fsp3) is 0. The van der Waals surface area contributed by atoms with Crippen LogP contribution in [0.1, 0.15) is 10.4 Å². The molecule has 0 bridgehead atoms. The van der Waals surface area contributed by atoms with E-state index in [1.165, 1.54) is 12.5 Å². The lowest BCUT2D eigenvalue weighted by Gasteiger charge is -2.15. The van der Waals surface area contributed by atoms with Crippen LogP contribution in [0, 0.1) is 0 Å². The molecule has 0 unspecified atom stereocenters. The van der Waals surface area contributed by atoms with Gasteiger partial charge in [0.05, 0.1) is 11.8 Å². The maximum Gasteiger partial charge on any atom is 0.260 e. The van der Waals surface area contributed by atoms with E-state index in [2.05, 4.69) is 26.3 Å². The number of benzene rings is 2. The minimum absolute atomic E-state index is 0.119. The van der Waals surface area contributed by atoms with E-state index in [1.54, 1.807) is 30.5 Å². The molecule has 0 aliphatic heterocycles. The number of hydrazine groups is 1. The Morgan fingerprint density at radius 2 is 1.93 bits per heavy atom. The number of hydrogen-bond acceptors (Lipinski definition) is 7. The second-order valence-electron chi connectivity index (χ2n) is 5.70. The van der Waals surface area contributed by atoms with Gasteiger partial charge in [0.1, 0.15) is 23.5 Å². The van der Waals surface area contributed by atoms with Crippen LogP contribution in [0.15, 0.2) is 71.7 Å². The molecule has 134 valence electrons. The molecule has 8 nitrogen and oxygen atoms in total. The quantitative estimate of drug-likeness (QED) is 0.317. The minimum Gasteiger partial charge on any atom is -0.505 e. The Bertz CT molecular complexity index is 1080. The topological polar surface area (TPSA) is 112 Å². The first-order valence-corrected chi connectivity index (χ1v) is 8.11. The zero-order chi connectivity index (χ0) is 18.6. The van der Waals surface area contributed by atoms with E-state index in [4.69, 9.17) is 4.52 Å². The lowest BCUT2D eigenvalue weighted by atomic mass is 10.0. The third kappa shape index (κ3) is 3.36. The highest BCUT2D eigenvalue weighted by atomic mass is 16.5. The van der Waals surface area contributed by atoms with Crippen LogP contribution >= 0.6 is 0 Å². The van der Waals surface area contributed by atoms with Gasteiger partial charge in [0, 0.05) is 11.6 Å². The fourth-order valence-electron chi connectivity index (χ4n) is 2.66. The van der Waals surface area contributed by atoms with Crippen molar-refractivity contribution in [3.05, 3.63) is 72.8 Å². The number of phenols is 1. The molecule has 0 radical (unpaired) electrons. The molecular formula is C19H15N5O3. The third-order valence-corrected chi connectivity index (χ3v) is 3.94. The van der Waals surface area contributed by atoms with E-state index < -0.39 is 5.91 Å². The summed E-state index contributed by atoms with van der Waals surface area (Å²) in [4.78, 5) is 16.7. The molecule has 0 aliphatic rings. The van der Waals surface area contributed by atoms with Crippen molar-refractivity contribution in [1.82, 2.24) is 10.1 Å². The monoisotopic (exact) mass is 361 g/mol. The number of aromatic hydroxyl groups is 1. The second-order valence-corrected chi connectivity index (χ2v) is 5.70. The summed E-state index contributed by atoms with van der Waals surface area (Å²) in [5, 5.41) is 18.6. The number of fused-ring (bicyclic) bond motifs is 1. The summed E-state index contributed by atoms with van der Waals surface area (Å²) in [6, 6.07) is 14.2. The summed E-state index contributed by atoms with van der Waals surface area (Å²) in [5.41, 5.74) is 6.85. The highest BCUT2D eigenvalue weighted by Crippen LogP contribution is 2.36. The van der Waals surface area contributed by atoms with Gasteiger partial charge in [-0.3, -0.25) is 15.6 Å². The van der Waals surface area contributed by atoms with Gasteiger partial charge in [-0.2, -0.15) is 0 Å². The largest absolute Gasteiger partial charge is 0.505 e. The van der Waals surface area contributed by atoms with Crippen LogP contribution in [0.3, 0.4) is 0 Å². The van der Waals surface area contributed by atoms with Crippen LogP contribution < -0.4 is 16.2 Å². The van der Waals surface area contributed by atoms with Gasteiger partial charge in [0.2, 0.25) is 0 Å². The molecule has 0 aliphatic carbocycles. The van der Waals surface area contributed by atoms with Crippen LogP contribution in [-0.4, -0.2) is 21.2 Å². The number of amides is 1. The SMILES string of the molecule is O=C(Nc1ccccn1)c1cc2ccccc2c(NNc2cnoc2)c1O. The predicted molar refractivity (Wildman–Crippen MR) is 102 cm³/mol. The van der Waals surface area contributed by atoms with Crippen molar-refractivity contribution >= 4 is 33.9 Å². The fourth-order valence-corrected chi connectivity index (χ4v) is 2.66. The molecule has 4 rings (SSSR count). The Hall–Kier alpha value is -4.07. The van der Waals surface area contributed by atoms with Gasteiger partial charge in [0.25, 0.3) is 5.91 Å². The van der Waals surface area contributed by atoms with Crippen molar-refractivity contribution in [3.63, 3.8) is 0 Å². The summed E-state index contributed by atoms with van der Waals surface area (Å²) in [6.07, 6.45) is 4.46. The number of nitrogens with one attached hydrogen (secondary N) is 3. The zero-order valence-electron chi connectivity index (χ0n) is 14.0. The first-order valence-electron chi connectivity index (χ1n) is 8.11. The molecule has 0 saturated heterocycles. The lowest BCUT2D eigenvalue weighted by molar-refractivity contribution is 0.102. The van der Waals surface area contributed by atoms with E-state index in [0.29, 0.717) is 17.2 Å². The molecule has 0 atom stereocenters. The molecule has 4 N–H and O–H groups in total. The summed E-state index contributed by atoms with van der Waals surface area (Å²) in [7, 11) is 0. The van der Waals surface area contributed by atoms with E-state index in [-0.39, 0.29) is 11.3 Å². The Kier molecular flexibility index (Phi) is 4.28. The number of hydrogen-bond donors (Lipinski definition) is 4. The van der Waals surface area contributed by atoms with Crippen molar-refractivity contribution < 1.29 is 14.4 Å². The number of carbonyl (C=O) groups is 1. The number of phenolic OH excluding ortho intramolecular Hbond substituents is 1. The molecular weight excluding hydrogens is 346 g/mol. The highest BCUT2D eigenvalue weighted by molar-refractivity contribution is 6.12. The van der Waals surface area contributed by atoms with Crippen LogP contribution in [0.4, 0.5) is 17.2 Å². The molecule has 8 heteroatoms. The number of aromatic nitrogens is 2. The van der Waals surface area contributed by atoms with Crippen LogP contribution in [0.2, 0.25) is 0 Å². The number of pyridine rings is 1. The van der Waals surface area contributed by atoms with E-state index >= 15 is 0 Å². The average Bonchev–Trinajstić information content (AvgIpc) is 3.21. The van der Waals surface area contributed by atoms with Gasteiger partial charge in [-0.15, -0.1) is 0 Å². The maximum absolute atomic E-state index is 12.7. The molecule has 0 fully saturated rings. The van der Waals surface area contributed by atoms with Gasteiger partial charge >= 0.3 is 0 Å².